The van der Waals surface area contributed by atoms with Crippen LogP contribution in [-0.2, 0) is 30.3 Å². The molecule has 3 saturated heterocycles. The molecule has 4 bridgehead atoms. The third-order valence-corrected chi connectivity index (χ3v) is 15.2. The maximum absolute atomic E-state index is 14.9. The van der Waals surface area contributed by atoms with Gasteiger partial charge in [-0.3, -0.25) is 39.6 Å². The zero-order valence-corrected chi connectivity index (χ0v) is 35.3. The van der Waals surface area contributed by atoms with E-state index in [0.717, 1.165) is 0 Å². The van der Waals surface area contributed by atoms with Crippen molar-refractivity contribution in [1.82, 2.24) is 20.4 Å². The van der Waals surface area contributed by atoms with E-state index in [2.05, 4.69) is 25.3 Å². The lowest BCUT2D eigenvalue weighted by atomic mass is 9.54. The number of primary amides is 2. The third-order valence-electron chi connectivity index (χ3n) is 15.2. The minimum atomic E-state index is -1.69. The quantitative estimate of drug-likeness (QED) is 0.173. The number of nitrogens with zero attached hydrogens (tertiary/aromatic N) is 3. The lowest BCUT2D eigenvalue weighted by Gasteiger charge is -2.59. The summed E-state index contributed by atoms with van der Waals surface area (Å²) in [5.74, 6) is -5.25. The van der Waals surface area contributed by atoms with Crippen molar-refractivity contribution < 1.29 is 43.4 Å². The second kappa shape index (κ2) is 15.2. The van der Waals surface area contributed by atoms with Gasteiger partial charge in [0.15, 0.2) is 0 Å². The molecule has 3 heterocycles. The van der Waals surface area contributed by atoms with Gasteiger partial charge in [-0.25, -0.2) is 14.0 Å². The van der Waals surface area contributed by atoms with E-state index in [1.165, 1.54) is 12.1 Å². The smallest absolute Gasteiger partial charge is 0.411 e. The Labute approximate surface area is 359 Å². The zero-order chi connectivity index (χ0) is 44.7. The molecule has 328 valence electrons. The molecule has 0 spiro atoms. The molecule has 3 aromatic rings. The lowest BCUT2D eigenvalue weighted by molar-refractivity contribution is -0.152. The lowest BCUT2D eigenvalue weighted by Crippen LogP contribution is -2.71. The normalized spacial score (nSPS) is 31.0. The summed E-state index contributed by atoms with van der Waals surface area (Å²) in [4.78, 5) is 87.6. The largest absolute Gasteiger partial charge is 0.465 e. The molecule has 15 nitrogen and oxygen atoms in total. The highest BCUT2D eigenvalue weighted by Crippen LogP contribution is 2.61. The fraction of sp³-hybridized carbons (Fsp3) is 0.478. The van der Waals surface area contributed by atoms with Crippen molar-refractivity contribution in [3.05, 3.63) is 101 Å². The summed E-state index contributed by atoms with van der Waals surface area (Å²) in [5.41, 5.74) is 9.35. The highest BCUT2D eigenvalue weighted by atomic mass is 19.1. The molecule has 5 aliphatic rings. The first kappa shape index (κ1) is 42.8. The molecular weight excluding hydrogens is 798 g/mol. The Hall–Kier alpha value is -5.87. The molecule has 0 radical (unpaired) electrons. The number of hydrogen-bond acceptors (Lipinski definition) is 9. The Balaban J connectivity index is 1.28. The number of carbonyl (C=O) groups excluding carboxylic acids is 4. The van der Waals surface area contributed by atoms with Crippen LogP contribution in [0.25, 0.3) is 0 Å². The predicted molar refractivity (Wildman–Crippen MR) is 225 cm³/mol. The summed E-state index contributed by atoms with van der Waals surface area (Å²) in [6.45, 7) is 7.89. The van der Waals surface area contributed by atoms with Crippen molar-refractivity contribution in [2.75, 3.05) is 18.0 Å². The van der Waals surface area contributed by atoms with Gasteiger partial charge in [0.25, 0.3) is 11.8 Å². The first-order chi connectivity index (χ1) is 29.3. The molecule has 3 aromatic carbocycles. The molecule has 16 heteroatoms. The molecule has 8 rings (SSSR count). The number of rotatable bonds is 9. The molecule has 2 aliphatic carbocycles. The molecule has 3 fully saturated rings. The summed E-state index contributed by atoms with van der Waals surface area (Å²) in [6.07, 6.45) is 0.515. The molecule has 0 saturated carbocycles. The minimum absolute atomic E-state index is 0.359. The monoisotopic (exact) mass is 851 g/mol. The number of carboxylic acid groups (broad SMARTS) is 2. The van der Waals surface area contributed by atoms with Crippen LogP contribution in [0.5, 0.6) is 0 Å². The SMILES string of the molecule is CC1(C)C(C(N)=O)c2cccc(c2)[C@@]1(C(=O)NC(=O)O)N1CCCC1[C@H]1CC[C@@H](C2CCCN2[C@]2(C(=O)NC(=O)O)c3cccc(c3)C(C(N)=O)C2(C)C)N1c1ccc(F)cc1. The number of carbonyl (C=O) groups is 6. The number of halogens is 1. The van der Waals surface area contributed by atoms with Crippen LogP contribution in [0.2, 0.25) is 0 Å². The van der Waals surface area contributed by atoms with Gasteiger partial charge in [-0.1, -0.05) is 76.2 Å². The van der Waals surface area contributed by atoms with E-state index in [-0.39, 0.29) is 12.1 Å². The van der Waals surface area contributed by atoms with Gasteiger partial charge in [0.05, 0.1) is 11.8 Å². The molecule has 4 unspecified atom stereocenters. The third kappa shape index (κ3) is 6.03. The number of benzene rings is 3. The van der Waals surface area contributed by atoms with Gasteiger partial charge >= 0.3 is 12.2 Å². The highest BCUT2D eigenvalue weighted by Gasteiger charge is 2.68. The van der Waals surface area contributed by atoms with E-state index in [1.54, 1.807) is 88.4 Å². The predicted octanol–water partition coefficient (Wildman–Crippen LogP) is 4.69. The van der Waals surface area contributed by atoms with Crippen molar-refractivity contribution in [1.29, 1.82) is 0 Å². The van der Waals surface area contributed by atoms with E-state index in [4.69, 9.17) is 11.5 Å². The van der Waals surface area contributed by atoms with E-state index >= 15 is 0 Å². The number of nitrogens with one attached hydrogen (secondary N) is 2. The molecule has 0 aromatic heterocycles. The maximum atomic E-state index is 14.9. The van der Waals surface area contributed by atoms with Crippen molar-refractivity contribution in [2.45, 2.75) is 113 Å². The van der Waals surface area contributed by atoms with Crippen molar-refractivity contribution in [3.63, 3.8) is 0 Å². The van der Waals surface area contributed by atoms with Crippen LogP contribution in [0.15, 0.2) is 72.8 Å². The summed E-state index contributed by atoms with van der Waals surface area (Å²) < 4.78 is 14.7. The van der Waals surface area contributed by atoms with Gasteiger partial charge in [0.1, 0.15) is 16.9 Å². The number of fused-ring (bicyclic) bond motifs is 4. The summed E-state index contributed by atoms with van der Waals surface area (Å²) in [6, 6.07) is 18.8. The van der Waals surface area contributed by atoms with Gasteiger partial charge in [-0.05, 0) is 98.1 Å². The average molecular weight is 852 g/mol. The van der Waals surface area contributed by atoms with E-state index in [1.807, 2.05) is 0 Å². The second-order valence-corrected chi connectivity index (χ2v) is 18.7. The van der Waals surface area contributed by atoms with Crippen LogP contribution in [0.1, 0.15) is 100 Å². The molecule has 8 atom stereocenters. The summed E-state index contributed by atoms with van der Waals surface area (Å²) in [5, 5.41) is 24.4. The van der Waals surface area contributed by atoms with Crippen LogP contribution in [0.4, 0.5) is 19.7 Å². The Bertz CT molecular complexity index is 2220. The topological polar surface area (TPSA) is 229 Å². The van der Waals surface area contributed by atoms with Crippen molar-refractivity contribution in [2.24, 2.45) is 22.3 Å². The van der Waals surface area contributed by atoms with Gasteiger partial charge in [0, 0.05) is 40.7 Å². The molecule has 8 N–H and O–H groups in total. The van der Waals surface area contributed by atoms with Gasteiger partial charge in [0.2, 0.25) is 11.8 Å². The second-order valence-electron chi connectivity index (χ2n) is 18.7. The highest BCUT2D eigenvalue weighted by molar-refractivity contribution is 6.01. The first-order valence-corrected chi connectivity index (χ1v) is 21.3. The molecular formula is C46H54FN7O8. The summed E-state index contributed by atoms with van der Waals surface area (Å²) >= 11 is 0. The minimum Gasteiger partial charge on any atom is -0.465 e. The van der Waals surface area contributed by atoms with Crippen molar-refractivity contribution in [3.8, 4) is 0 Å². The number of hydrogen-bond donors (Lipinski definition) is 6. The fourth-order valence-corrected chi connectivity index (χ4v) is 13.3. The van der Waals surface area contributed by atoms with Gasteiger partial charge in [-0.2, -0.15) is 0 Å². The molecule has 6 amide bonds. The number of likely N-dealkylation sites (tertiary alicyclic amines) is 2. The van der Waals surface area contributed by atoms with Crippen molar-refractivity contribution >= 4 is 41.5 Å². The Morgan fingerprint density at radius 2 is 1.02 bits per heavy atom. The number of amides is 6. The van der Waals surface area contributed by atoms with Crippen LogP contribution < -0.4 is 27.0 Å². The average Bonchev–Trinajstić information content (AvgIpc) is 3.95. The van der Waals surface area contributed by atoms with E-state index in [0.29, 0.717) is 79.6 Å². The molecule has 3 aliphatic heterocycles. The maximum Gasteiger partial charge on any atom is 0.411 e. The number of nitrogens with two attached hydrogens (primary N) is 2. The number of imide groups is 2. The Morgan fingerprint density at radius 1 is 0.613 bits per heavy atom. The first-order valence-electron chi connectivity index (χ1n) is 21.3. The van der Waals surface area contributed by atoms with Crippen LogP contribution in [0, 0.1) is 16.6 Å². The van der Waals surface area contributed by atoms with Crippen LogP contribution >= 0.6 is 0 Å². The molecule has 62 heavy (non-hydrogen) atoms. The fourth-order valence-electron chi connectivity index (χ4n) is 13.3. The summed E-state index contributed by atoms with van der Waals surface area (Å²) in [7, 11) is 0. The number of anilines is 1. The zero-order valence-electron chi connectivity index (χ0n) is 35.3. The van der Waals surface area contributed by atoms with Gasteiger partial charge < -0.3 is 26.6 Å². The Morgan fingerprint density at radius 3 is 1.39 bits per heavy atom. The Kier molecular flexibility index (Phi) is 10.5. The van der Waals surface area contributed by atoms with Gasteiger partial charge in [-0.15, -0.1) is 0 Å². The van der Waals surface area contributed by atoms with Crippen LogP contribution in [0.3, 0.4) is 0 Å². The van der Waals surface area contributed by atoms with E-state index < -0.39 is 87.5 Å². The van der Waals surface area contributed by atoms with Crippen LogP contribution in [-0.4, -0.2) is 93.1 Å². The van der Waals surface area contributed by atoms with E-state index in [9.17, 15) is 43.4 Å². The standard InChI is InChI=1S/C46H54FN7O8/c1-43(2)35(37(48)55)25-9-5-11-27(23-25)45(43,39(57)50-41(59)60)52-21-7-13-31(52)33-19-20-34(54(33)30-17-15-29(47)16-18-30)32-14-8-22-53(32)46(40(58)51-42(61)62)28-12-6-10-26(24-28)36(38(49)56)44(46,3)4/h5-6,9-12,15-18,23-24,31-36H,7-8,13-14,19-22H2,1-4H3,(H2,48,55)(H2,49,56)(H,50,57)(H,51,58)(H,59,60)(H,61,62)/t31?,32?,33-,34+,35?,36?,45-,46-/m0/s1.